The van der Waals surface area contributed by atoms with Gasteiger partial charge in [-0.25, -0.2) is 9.97 Å². The van der Waals surface area contributed by atoms with Crippen LogP contribution in [0.2, 0.25) is 0 Å². The fraction of sp³-hybridized carbons (Fsp3) is 0.353. The molecule has 2 aromatic heterocycles. The zero-order valence-corrected chi connectivity index (χ0v) is 15.8. The Bertz CT molecular complexity index is 885. The molecule has 0 aliphatic heterocycles. The maximum atomic E-state index is 5.77. The monoisotopic (exact) mass is 374 g/mol. The number of nitrogens with zero attached hydrogens (tertiary/aromatic N) is 3. The van der Waals surface area contributed by atoms with E-state index in [-0.39, 0.29) is 12.0 Å². The average Bonchev–Trinajstić information content (AvgIpc) is 3.12. The lowest BCUT2D eigenvalue weighted by molar-refractivity contribution is 0.355. The van der Waals surface area contributed by atoms with Gasteiger partial charge in [-0.2, -0.15) is 4.98 Å². The highest BCUT2D eigenvalue weighted by atomic mass is 32.2. The molecule has 0 saturated carbocycles. The van der Waals surface area contributed by atoms with Crippen LogP contribution in [0, 0.1) is 0 Å². The fourth-order valence-corrected chi connectivity index (χ4v) is 3.66. The van der Waals surface area contributed by atoms with Gasteiger partial charge in [0.2, 0.25) is 5.95 Å². The Labute approximate surface area is 155 Å². The Balaban J connectivity index is 1.71. The molecule has 26 heavy (non-hydrogen) atoms. The van der Waals surface area contributed by atoms with Gasteiger partial charge in [0.15, 0.2) is 17.1 Å². The first-order valence-electron chi connectivity index (χ1n) is 8.22. The van der Waals surface area contributed by atoms with E-state index in [1.807, 2.05) is 18.2 Å². The summed E-state index contributed by atoms with van der Waals surface area (Å²) in [5.74, 6) is 2.45. The number of nitrogens with two attached hydrogens (primary N) is 1. The first-order chi connectivity index (χ1) is 12.6. The normalized spacial score (nSPS) is 12.1. The van der Waals surface area contributed by atoms with Crippen LogP contribution >= 0.6 is 11.8 Å². The SMILES string of the molecule is CC[C@@H](CSc1nc(N)nc2nc[nH]c12)Nc1ccc(OC)c(OC)c1. The second-order valence-corrected chi connectivity index (χ2v) is 6.63. The molecule has 2 heterocycles. The molecule has 0 spiro atoms. The summed E-state index contributed by atoms with van der Waals surface area (Å²) < 4.78 is 10.6. The molecular formula is C17H22N6O2S. The molecule has 0 saturated heterocycles. The lowest BCUT2D eigenvalue weighted by Crippen LogP contribution is -2.21. The number of thioether (sulfide) groups is 1. The maximum absolute atomic E-state index is 5.77. The van der Waals surface area contributed by atoms with Crippen molar-refractivity contribution in [3.8, 4) is 11.5 Å². The summed E-state index contributed by atoms with van der Waals surface area (Å²) in [7, 11) is 3.25. The number of anilines is 2. The molecule has 0 radical (unpaired) electrons. The second kappa shape index (κ2) is 8.13. The molecule has 0 fully saturated rings. The molecule has 0 bridgehead atoms. The number of nitrogens with one attached hydrogen (secondary N) is 2. The van der Waals surface area contributed by atoms with E-state index in [9.17, 15) is 0 Å². The van der Waals surface area contributed by atoms with E-state index in [1.54, 1.807) is 32.3 Å². The molecule has 9 heteroatoms. The van der Waals surface area contributed by atoms with Crippen LogP contribution < -0.4 is 20.5 Å². The third-order valence-electron chi connectivity index (χ3n) is 3.94. The Morgan fingerprint density at radius 2 is 2.04 bits per heavy atom. The summed E-state index contributed by atoms with van der Waals surface area (Å²) >= 11 is 1.62. The van der Waals surface area contributed by atoms with Crippen molar-refractivity contribution >= 4 is 34.6 Å². The number of methoxy groups -OCH3 is 2. The molecule has 0 aliphatic carbocycles. The molecule has 0 unspecified atom stereocenters. The van der Waals surface area contributed by atoms with Crippen molar-refractivity contribution in [1.82, 2.24) is 19.9 Å². The van der Waals surface area contributed by atoms with Crippen LogP contribution in [0.3, 0.4) is 0 Å². The van der Waals surface area contributed by atoms with Crippen molar-refractivity contribution in [1.29, 1.82) is 0 Å². The van der Waals surface area contributed by atoms with Crippen molar-refractivity contribution in [3.05, 3.63) is 24.5 Å². The van der Waals surface area contributed by atoms with Gasteiger partial charge in [0.05, 0.1) is 20.5 Å². The highest BCUT2D eigenvalue weighted by molar-refractivity contribution is 7.99. The average molecular weight is 374 g/mol. The van der Waals surface area contributed by atoms with Crippen LogP contribution in [0.1, 0.15) is 13.3 Å². The van der Waals surface area contributed by atoms with E-state index in [2.05, 4.69) is 32.2 Å². The Morgan fingerprint density at radius 1 is 1.23 bits per heavy atom. The van der Waals surface area contributed by atoms with E-state index in [0.717, 1.165) is 28.4 Å². The van der Waals surface area contributed by atoms with E-state index in [0.29, 0.717) is 17.1 Å². The molecule has 1 aromatic carbocycles. The lowest BCUT2D eigenvalue weighted by atomic mass is 10.2. The van der Waals surface area contributed by atoms with Gasteiger partial charge in [-0.15, -0.1) is 11.8 Å². The van der Waals surface area contributed by atoms with Crippen LogP contribution in [-0.4, -0.2) is 46.0 Å². The largest absolute Gasteiger partial charge is 0.493 e. The fourth-order valence-electron chi connectivity index (χ4n) is 2.53. The van der Waals surface area contributed by atoms with Gasteiger partial charge < -0.3 is 25.5 Å². The van der Waals surface area contributed by atoms with Crippen molar-refractivity contribution in [2.45, 2.75) is 24.4 Å². The second-order valence-electron chi connectivity index (χ2n) is 5.62. The van der Waals surface area contributed by atoms with Crippen LogP contribution in [0.4, 0.5) is 11.6 Å². The first-order valence-corrected chi connectivity index (χ1v) is 9.21. The summed E-state index contributed by atoms with van der Waals surface area (Å²) in [4.78, 5) is 15.7. The van der Waals surface area contributed by atoms with Gasteiger partial charge >= 0.3 is 0 Å². The van der Waals surface area contributed by atoms with Gasteiger partial charge in [-0.05, 0) is 18.6 Å². The highest BCUT2D eigenvalue weighted by Crippen LogP contribution is 2.31. The molecular weight excluding hydrogens is 352 g/mol. The van der Waals surface area contributed by atoms with Crippen molar-refractivity contribution in [3.63, 3.8) is 0 Å². The number of ether oxygens (including phenoxy) is 2. The number of nitrogen functional groups attached to an aromatic ring is 1. The van der Waals surface area contributed by atoms with Crippen LogP contribution in [0.25, 0.3) is 11.2 Å². The summed E-state index contributed by atoms with van der Waals surface area (Å²) in [5.41, 5.74) is 8.15. The van der Waals surface area contributed by atoms with Gasteiger partial charge in [0, 0.05) is 23.5 Å². The quantitative estimate of drug-likeness (QED) is 0.408. The van der Waals surface area contributed by atoms with Gasteiger partial charge in [-0.1, -0.05) is 6.92 Å². The summed E-state index contributed by atoms with van der Waals surface area (Å²) in [6.07, 6.45) is 2.55. The van der Waals surface area contributed by atoms with Gasteiger partial charge in [-0.3, -0.25) is 0 Å². The van der Waals surface area contributed by atoms with Crippen LogP contribution in [0.15, 0.2) is 29.6 Å². The molecule has 3 rings (SSSR count). The molecule has 1 atom stereocenters. The predicted molar refractivity (Wildman–Crippen MR) is 104 cm³/mol. The summed E-state index contributed by atoms with van der Waals surface area (Å²) in [5, 5.41) is 4.33. The first kappa shape index (κ1) is 18.1. The standard InChI is InChI=1S/C17H22N6O2S/c1-4-10(21-11-5-6-12(24-2)13(7-11)25-3)8-26-16-14-15(20-9-19-14)22-17(18)23-16/h5-7,9-10,21H,4,8H2,1-3H3,(H3,18,19,20,22,23)/t10-/m0/s1. The summed E-state index contributed by atoms with van der Waals surface area (Å²) in [6.45, 7) is 2.14. The third kappa shape index (κ3) is 3.93. The number of rotatable bonds is 8. The van der Waals surface area contributed by atoms with E-state index in [1.165, 1.54) is 0 Å². The molecule has 3 aromatic rings. The van der Waals surface area contributed by atoms with Crippen LogP contribution in [-0.2, 0) is 0 Å². The number of benzene rings is 1. The highest BCUT2D eigenvalue weighted by Gasteiger charge is 2.13. The predicted octanol–water partition coefficient (Wildman–Crippen LogP) is 2.94. The number of H-pyrrole nitrogens is 1. The van der Waals surface area contributed by atoms with Gasteiger partial charge in [0.25, 0.3) is 0 Å². The maximum Gasteiger partial charge on any atom is 0.223 e. The van der Waals surface area contributed by atoms with E-state index >= 15 is 0 Å². The van der Waals surface area contributed by atoms with Gasteiger partial charge in [0.1, 0.15) is 10.5 Å². The van der Waals surface area contributed by atoms with Crippen molar-refractivity contribution in [2.24, 2.45) is 0 Å². The smallest absolute Gasteiger partial charge is 0.223 e. The third-order valence-corrected chi connectivity index (χ3v) is 5.08. The number of hydrogen-bond donors (Lipinski definition) is 3. The number of imidazole rings is 1. The minimum atomic E-state index is 0.230. The Morgan fingerprint density at radius 3 is 2.77 bits per heavy atom. The zero-order valence-electron chi connectivity index (χ0n) is 14.9. The Hall–Kier alpha value is -2.68. The number of fused-ring (bicyclic) bond motifs is 1. The minimum Gasteiger partial charge on any atom is -0.493 e. The number of aromatic amines is 1. The molecule has 138 valence electrons. The van der Waals surface area contributed by atoms with Crippen LogP contribution in [0.5, 0.6) is 11.5 Å². The summed E-state index contributed by atoms with van der Waals surface area (Å²) in [6, 6.07) is 6.04. The van der Waals surface area contributed by atoms with E-state index in [4.69, 9.17) is 15.2 Å². The Kier molecular flexibility index (Phi) is 5.67. The molecule has 8 nitrogen and oxygen atoms in total. The molecule has 0 amide bonds. The van der Waals surface area contributed by atoms with Crippen molar-refractivity contribution in [2.75, 3.05) is 31.0 Å². The molecule has 4 N–H and O–H groups in total. The zero-order chi connectivity index (χ0) is 18.5. The van der Waals surface area contributed by atoms with E-state index < -0.39 is 0 Å². The van der Waals surface area contributed by atoms with Crippen molar-refractivity contribution < 1.29 is 9.47 Å². The number of aromatic nitrogens is 4. The molecule has 0 aliphatic rings. The number of hydrogen-bond acceptors (Lipinski definition) is 8. The topological polar surface area (TPSA) is 111 Å². The lowest BCUT2D eigenvalue weighted by Gasteiger charge is -2.19. The minimum absolute atomic E-state index is 0.230.